The topological polar surface area (TPSA) is 68.5 Å². The van der Waals surface area contributed by atoms with Crippen LogP contribution < -0.4 is 14.2 Å². The quantitative estimate of drug-likeness (QED) is 0.192. The number of rotatable bonds is 7. The molecule has 162 valence electrons. The Morgan fingerprint density at radius 3 is 2.31 bits per heavy atom. The molecule has 0 saturated carbocycles. The molecule has 0 bridgehead atoms. The first-order valence-electron chi connectivity index (χ1n) is 9.85. The monoisotopic (exact) mass is 447 g/mol. The van der Waals surface area contributed by atoms with E-state index in [-0.39, 0.29) is 12.4 Å². The van der Waals surface area contributed by atoms with Crippen molar-refractivity contribution in [1.29, 1.82) is 5.26 Å². The first-order valence-corrected chi connectivity index (χ1v) is 10.2. The van der Waals surface area contributed by atoms with Gasteiger partial charge in [-0.2, -0.15) is 5.26 Å². The number of aryl methyl sites for hydroxylation is 2. The molecule has 0 fully saturated rings. The molecule has 0 N–H and O–H groups in total. The fourth-order valence-corrected chi connectivity index (χ4v) is 3.27. The molecular weight excluding hydrogens is 426 g/mol. The highest BCUT2D eigenvalue weighted by molar-refractivity contribution is 6.30. The van der Waals surface area contributed by atoms with Crippen molar-refractivity contribution in [3.05, 3.63) is 87.9 Å². The van der Waals surface area contributed by atoms with Crippen molar-refractivity contribution < 1.29 is 19.0 Å². The van der Waals surface area contributed by atoms with Crippen LogP contribution in [-0.4, -0.2) is 19.7 Å². The summed E-state index contributed by atoms with van der Waals surface area (Å²) in [5.41, 5.74) is 4.04. The summed E-state index contributed by atoms with van der Waals surface area (Å²) in [6.07, 6.45) is 1.72. The molecule has 6 heteroatoms. The number of carbonyl (C=O) groups excluding carboxylic acids is 1. The van der Waals surface area contributed by atoms with Crippen LogP contribution in [0.25, 0.3) is 11.6 Å². The van der Waals surface area contributed by atoms with E-state index in [0.29, 0.717) is 22.1 Å². The summed E-state index contributed by atoms with van der Waals surface area (Å²) in [6.45, 7) is 3.69. The van der Waals surface area contributed by atoms with E-state index in [1.807, 2.05) is 32.0 Å². The van der Waals surface area contributed by atoms with Crippen molar-refractivity contribution in [3.63, 3.8) is 0 Å². The Bertz CT molecular complexity index is 1170. The predicted molar refractivity (Wildman–Crippen MR) is 125 cm³/mol. The summed E-state index contributed by atoms with van der Waals surface area (Å²) in [5, 5.41) is 10.1. The number of allylic oxidation sites excluding steroid dienone is 1. The molecule has 3 aromatic rings. The van der Waals surface area contributed by atoms with E-state index in [2.05, 4.69) is 6.07 Å². The molecule has 3 aromatic carbocycles. The maximum Gasteiger partial charge on any atom is 0.349 e. The molecule has 5 nitrogen and oxygen atoms in total. The van der Waals surface area contributed by atoms with E-state index in [4.69, 9.17) is 25.8 Å². The van der Waals surface area contributed by atoms with Crippen molar-refractivity contribution >= 4 is 29.2 Å². The van der Waals surface area contributed by atoms with E-state index < -0.39 is 5.97 Å². The predicted octanol–water partition coefficient (Wildman–Crippen LogP) is 6.01. The minimum Gasteiger partial charge on any atom is -0.493 e. The van der Waals surface area contributed by atoms with Gasteiger partial charge in [0.05, 0.1) is 18.8 Å². The molecule has 0 saturated heterocycles. The van der Waals surface area contributed by atoms with Gasteiger partial charge in [-0.3, -0.25) is 0 Å². The second-order valence-electron chi connectivity index (χ2n) is 7.17. The summed E-state index contributed by atoms with van der Waals surface area (Å²) in [7, 11) is 1.48. The Kier molecular flexibility index (Phi) is 7.54. The van der Waals surface area contributed by atoms with Gasteiger partial charge < -0.3 is 14.2 Å². The molecular formula is C26H22ClNO4. The number of nitrogens with zero attached hydrogens (tertiary/aromatic N) is 1. The molecule has 0 heterocycles. The third-order valence-electron chi connectivity index (χ3n) is 4.55. The number of nitriles is 1. The molecule has 0 unspecified atom stereocenters. The van der Waals surface area contributed by atoms with Crippen molar-refractivity contribution in [1.82, 2.24) is 0 Å². The molecule has 0 radical (unpaired) electrons. The van der Waals surface area contributed by atoms with Crippen LogP contribution in [0.15, 0.2) is 60.7 Å². The summed E-state index contributed by atoms with van der Waals surface area (Å²) in [6, 6.07) is 20.0. The smallest absolute Gasteiger partial charge is 0.349 e. The normalized spacial score (nSPS) is 10.9. The highest BCUT2D eigenvalue weighted by Crippen LogP contribution is 2.30. The third-order valence-corrected chi connectivity index (χ3v) is 4.80. The molecule has 0 aliphatic rings. The highest BCUT2D eigenvalue weighted by atomic mass is 35.5. The standard InChI is InChI=1S/C26H22ClNO4/c1-17-10-18(2)12-23(11-17)31-16-26(29)32-24-9-4-19(14-25(24)30-3)13-21(15-28)20-5-7-22(27)8-6-20/h4-14H,16H2,1-3H3/b21-13+. The minimum atomic E-state index is -0.551. The lowest BCUT2D eigenvalue weighted by Crippen LogP contribution is -2.18. The van der Waals surface area contributed by atoms with E-state index in [9.17, 15) is 10.1 Å². The van der Waals surface area contributed by atoms with Crippen LogP contribution in [0.5, 0.6) is 17.2 Å². The van der Waals surface area contributed by atoms with Crippen LogP contribution in [0.2, 0.25) is 5.02 Å². The number of esters is 1. The fourth-order valence-electron chi connectivity index (χ4n) is 3.15. The number of hydrogen-bond donors (Lipinski definition) is 0. The first kappa shape index (κ1) is 22.9. The number of halogens is 1. The Morgan fingerprint density at radius 2 is 1.69 bits per heavy atom. The zero-order valence-electron chi connectivity index (χ0n) is 18.0. The SMILES string of the molecule is COc1cc(/C=C(\C#N)c2ccc(Cl)cc2)ccc1OC(=O)COc1cc(C)cc(C)c1. The summed E-state index contributed by atoms with van der Waals surface area (Å²) >= 11 is 5.92. The van der Waals surface area contributed by atoms with Gasteiger partial charge in [0, 0.05) is 5.02 Å². The lowest BCUT2D eigenvalue weighted by atomic mass is 10.0. The van der Waals surface area contributed by atoms with Gasteiger partial charge in [0.25, 0.3) is 0 Å². The van der Waals surface area contributed by atoms with Crippen LogP contribution in [0.4, 0.5) is 0 Å². The molecule has 0 aromatic heterocycles. The van der Waals surface area contributed by atoms with E-state index >= 15 is 0 Å². The second kappa shape index (κ2) is 10.5. The Balaban J connectivity index is 1.72. The Labute approximate surface area is 192 Å². The van der Waals surface area contributed by atoms with Gasteiger partial charge >= 0.3 is 5.97 Å². The van der Waals surface area contributed by atoms with Gasteiger partial charge in [0.15, 0.2) is 18.1 Å². The van der Waals surface area contributed by atoms with Crippen LogP contribution in [0.1, 0.15) is 22.3 Å². The lowest BCUT2D eigenvalue weighted by Gasteiger charge is -2.11. The van der Waals surface area contributed by atoms with E-state index in [1.54, 1.807) is 48.5 Å². The molecule has 3 rings (SSSR count). The largest absolute Gasteiger partial charge is 0.493 e. The van der Waals surface area contributed by atoms with Gasteiger partial charge in [-0.1, -0.05) is 35.9 Å². The third kappa shape index (κ3) is 6.13. The van der Waals surface area contributed by atoms with Crippen molar-refractivity contribution in [3.8, 4) is 23.3 Å². The van der Waals surface area contributed by atoms with Gasteiger partial charge in [0.2, 0.25) is 0 Å². The zero-order valence-corrected chi connectivity index (χ0v) is 18.8. The average Bonchev–Trinajstić information content (AvgIpc) is 2.77. The van der Waals surface area contributed by atoms with E-state index in [1.165, 1.54) is 7.11 Å². The van der Waals surface area contributed by atoms with Gasteiger partial charge in [-0.15, -0.1) is 0 Å². The lowest BCUT2D eigenvalue weighted by molar-refractivity contribution is -0.136. The fraction of sp³-hybridized carbons (Fsp3) is 0.154. The number of benzene rings is 3. The first-order chi connectivity index (χ1) is 15.4. The minimum absolute atomic E-state index is 0.233. The number of hydrogen-bond acceptors (Lipinski definition) is 5. The van der Waals surface area contributed by atoms with Gasteiger partial charge in [-0.25, -0.2) is 4.79 Å². The van der Waals surface area contributed by atoms with Crippen molar-refractivity contribution in [2.24, 2.45) is 0 Å². The van der Waals surface area contributed by atoms with Gasteiger partial charge in [-0.05, 0) is 78.6 Å². The van der Waals surface area contributed by atoms with Crippen LogP contribution in [0.3, 0.4) is 0 Å². The number of methoxy groups -OCH3 is 1. The number of ether oxygens (including phenoxy) is 3. The zero-order chi connectivity index (χ0) is 23.1. The van der Waals surface area contributed by atoms with Crippen LogP contribution in [-0.2, 0) is 4.79 Å². The summed E-state index contributed by atoms with van der Waals surface area (Å²) < 4.78 is 16.3. The van der Waals surface area contributed by atoms with Crippen LogP contribution in [0, 0.1) is 25.2 Å². The van der Waals surface area contributed by atoms with E-state index in [0.717, 1.165) is 22.3 Å². The molecule has 32 heavy (non-hydrogen) atoms. The van der Waals surface area contributed by atoms with Crippen molar-refractivity contribution in [2.75, 3.05) is 13.7 Å². The number of carbonyl (C=O) groups is 1. The molecule has 0 aliphatic carbocycles. The molecule has 0 atom stereocenters. The van der Waals surface area contributed by atoms with Gasteiger partial charge in [0.1, 0.15) is 5.75 Å². The average molecular weight is 448 g/mol. The van der Waals surface area contributed by atoms with Crippen molar-refractivity contribution in [2.45, 2.75) is 13.8 Å². The maximum atomic E-state index is 12.3. The van der Waals surface area contributed by atoms with Crippen LogP contribution >= 0.6 is 11.6 Å². The Morgan fingerprint density at radius 1 is 1.00 bits per heavy atom. The molecule has 0 spiro atoms. The molecule has 0 amide bonds. The second-order valence-corrected chi connectivity index (χ2v) is 7.61. The summed E-state index contributed by atoms with van der Waals surface area (Å²) in [5.74, 6) is 0.693. The maximum absolute atomic E-state index is 12.3. The molecule has 0 aliphatic heterocycles. The highest BCUT2D eigenvalue weighted by Gasteiger charge is 2.12. The Hall–Kier alpha value is -3.75. The summed E-state index contributed by atoms with van der Waals surface area (Å²) in [4.78, 5) is 12.3.